The van der Waals surface area contributed by atoms with Gasteiger partial charge < -0.3 is 4.74 Å². The van der Waals surface area contributed by atoms with Gasteiger partial charge in [-0.25, -0.2) is 15.0 Å². The second kappa shape index (κ2) is 8.20. The number of nitrogens with zero attached hydrogens (tertiary/aromatic N) is 4. The molecule has 132 valence electrons. The van der Waals surface area contributed by atoms with Gasteiger partial charge in [0.15, 0.2) is 0 Å². The zero-order valence-electron chi connectivity index (χ0n) is 14.2. The van der Waals surface area contributed by atoms with Crippen LogP contribution < -0.4 is 10.2 Å². The molecule has 0 atom stereocenters. The summed E-state index contributed by atoms with van der Waals surface area (Å²) in [5.74, 6) is 0.644. The van der Waals surface area contributed by atoms with E-state index in [-0.39, 0.29) is 0 Å². The lowest BCUT2D eigenvalue weighted by Gasteiger charge is -2.03. The molecule has 0 unspecified atom stereocenters. The molecule has 0 aliphatic carbocycles. The topological polar surface area (TPSA) is 72.3 Å². The molecule has 0 fully saturated rings. The number of ether oxygens (including phenoxy) is 1. The van der Waals surface area contributed by atoms with Gasteiger partial charge in [0.2, 0.25) is 5.13 Å². The van der Waals surface area contributed by atoms with Gasteiger partial charge >= 0.3 is 6.01 Å². The predicted molar refractivity (Wildman–Crippen MR) is 107 cm³/mol. The average Bonchev–Trinajstić information content (AvgIpc) is 3.19. The summed E-state index contributed by atoms with van der Waals surface area (Å²) in [6.45, 7) is 0. The van der Waals surface area contributed by atoms with Crippen molar-refractivity contribution < 1.29 is 4.74 Å². The van der Waals surface area contributed by atoms with Crippen LogP contribution in [0.4, 0.5) is 5.13 Å². The fourth-order valence-corrected chi connectivity index (χ4v) is 3.00. The van der Waals surface area contributed by atoms with Gasteiger partial charge in [-0.05, 0) is 23.8 Å². The molecular formula is C20H15N5OS. The molecule has 2 aromatic carbocycles. The SMILES string of the molecule is C(=NNc1nc(-c2ccccc2)cs1)c1cccc(Oc2ncccn2)c1. The second-order valence-electron chi connectivity index (χ2n) is 5.48. The van der Waals surface area contributed by atoms with E-state index >= 15 is 0 Å². The molecule has 4 rings (SSSR count). The lowest BCUT2D eigenvalue weighted by atomic mass is 10.2. The third-order valence-corrected chi connectivity index (χ3v) is 4.30. The molecule has 2 heterocycles. The van der Waals surface area contributed by atoms with E-state index in [4.69, 9.17) is 4.74 Å². The summed E-state index contributed by atoms with van der Waals surface area (Å²) in [6, 6.07) is 19.6. The summed E-state index contributed by atoms with van der Waals surface area (Å²) in [4.78, 5) is 12.6. The van der Waals surface area contributed by atoms with Crippen LogP contribution >= 0.6 is 11.3 Å². The molecule has 0 spiro atoms. The lowest BCUT2D eigenvalue weighted by molar-refractivity contribution is 0.441. The van der Waals surface area contributed by atoms with Gasteiger partial charge in [0.25, 0.3) is 0 Å². The van der Waals surface area contributed by atoms with Gasteiger partial charge in [0.05, 0.1) is 11.9 Å². The molecule has 0 saturated carbocycles. The number of thiazole rings is 1. The molecule has 0 saturated heterocycles. The number of hydrogen-bond donors (Lipinski definition) is 1. The average molecular weight is 373 g/mol. The van der Waals surface area contributed by atoms with Crippen molar-refractivity contribution in [1.82, 2.24) is 15.0 Å². The first-order valence-corrected chi connectivity index (χ1v) is 9.10. The molecule has 1 N–H and O–H groups in total. The highest BCUT2D eigenvalue weighted by Crippen LogP contribution is 2.24. The number of benzene rings is 2. The highest BCUT2D eigenvalue weighted by atomic mass is 32.1. The Kier molecular flexibility index (Phi) is 5.12. The van der Waals surface area contributed by atoms with Crippen molar-refractivity contribution in [3.05, 3.63) is 84.0 Å². The van der Waals surface area contributed by atoms with Crippen LogP contribution in [0.3, 0.4) is 0 Å². The van der Waals surface area contributed by atoms with E-state index in [0.29, 0.717) is 11.8 Å². The third-order valence-electron chi connectivity index (χ3n) is 3.56. The molecule has 27 heavy (non-hydrogen) atoms. The summed E-state index contributed by atoms with van der Waals surface area (Å²) >= 11 is 1.51. The fourth-order valence-electron chi connectivity index (χ4n) is 2.33. The van der Waals surface area contributed by atoms with E-state index in [0.717, 1.165) is 22.0 Å². The molecule has 4 aromatic rings. The molecule has 0 bridgehead atoms. The van der Waals surface area contributed by atoms with Crippen LogP contribution in [0.15, 0.2) is 83.5 Å². The van der Waals surface area contributed by atoms with Crippen molar-refractivity contribution in [3.63, 3.8) is 0 Å². The lowest BCUT2D eigenvalue weighted by Crippen LogP contribution is -1.93. The van der Waals surface area contributed by atoms with Crippen LogP contribution in [-0.4, -0.2) is 21.2 Å². The van der Waals surface area contributed by atoms with Crippen molar-refractivity contribution >= 4 is 22.7 Å². The molecule has 6 nitrogen and oxygen atoms in total. The van der Waals surface area contributed by atoms with Crippen LogP contribution in [-0.2, 0) is 0 Å². The molecular weight excluding hydrogens is 358 g/mol. The third kappa shape index (κ3) is 4.53. The van der Waals surface area contributed by atoms with Gasteiger partial charge in [-0.2, -0.15) is 5.10 Å². The summed E-state index contributed by atoms with van der Waals surface area (Å²) in [7, 11) is 0. The van der Waals surface area contributed by atoms with Gasteiger partial charge in [-0.1, -0.05) is 42.5 Å². The number of nitrogens with one attached hydrogen (secondary N) is 1. The second-order valence-corrected chi connectivity index (χ2v) is 6.34. The standard InChI is InChI=1S/C20H15N5OS/c1-2-7-16(8-3-1)18-14-27-20(24-18)25-23-13-15-6-4-9-17(12-15)26-19-21-10-5-11-22-19/h1-14H,(H,24,25). The highest BCUT2D eigenvalue weighted by molar-refractivity contribution is 7.14. The van der Waals surface area contributed by atoms with Crippen molar-refractivity contribution in [1.29, 1.82) is 0 Å². The Morgan fingerprint density at radius 1 is 0.963 bits per heavy atom. The number of rotatable bonds is 6. The normalized spacial score (nSPS) is 10.8. The van der Waals surface area contributed by atoms with Crippen LogP contribution in [0.5, 0.6) is 11.8 Å². The number of hydrogen-bond acceptors (Lipinski definition) is 7. The van der Waals surface area contributed by atoms with Gasteiger partial charge in [0, 0.05) is 23.3 Å². The molecule has 7 heteroatoms. The van der Waals surface area contributed by atoms with Crippen LogP contribution in [0.1, 0.15) is 5.56 Å². The molecule has 0 radical (unpaired) electrons. The van der Waals surface area contributed by atoms with Crippen LogP contribution in [0.2, 0.25) is 0 Å². The molecule has 0 aliphatic rings. The quantitative estimate of drug-likeness (QED) is 0.387. The van der Waals surface area contributed by atoms with Crippen molar-refractivity contribution in [3.8, 4) is 23.0 Å². The molecule has 0 amide bonds. The molecule has 0 aliphatic heterocycles. The van der Waals surface area contributed by atoms with E-state index in [1.807, 2.05) is 60.0 Å². The smallest absolute Gasteiger partial charge is 0.321 e. The van der Waals surface area contributed by atoms with Gasteiger partial charge in [-0.3, -0.25) is 5.43 Å². The first-order valence-electron chi connectivity index (χ1n) is 8.22. The van der Waals surface area contributed by atoms with Gasteiger partial charge in [-0.15, -0.1) is 11.3 Å². The largest absolute Gasteiger partial charge is 0.424 e. The predicted octanol–water partition coefficient (Wildman–Crippen LogP) is 4.84. The Balaban J connectivity index is 1.40. The minimum absolute atomic E-state index is 0.306. The fraction of sp³-hybridized carbons (Fsp3) is 0. The maximum absolute atomic E-state index is 5.62. The summed E-state index contributed by atoms with van der Waals surface area (Å²) in [5, 5.41) is 6.99. The van der Waals surface area contributed by atoms with Crippen molar-refractivity contribution in [2.75, 3.05) is 5.43 Å². The van der Waals surface area contributed by atoms with Crippen LogP contribution in [0.25, 0.3) is 11.3 Å². The van der Waals surface area contributed by atoms with Crippen LogP contribution in [0, 0.1) is 0 Å². The maximum atomic E-state index is 5.62. The summed E-state index contributed by atoms with van der Waals surface area (Å²) < 4.78 is 5.62. The minimum Gasteiger partial charge on any atom is -0.424 e. The number of anilines is 1. The Hall–Kier alpha value is -3.58. The Morgan fingerprint density at radius 3 is 2.67 bits per heavy atom. The maximum Gasteiger partial charge on any atom is 0.321 e. The van der Waals surface area contributed by atoms with E-state index in [2.05, 4.69) is 25.5 Å². The first-order chi connectivity index (χ1) is 13.4. The summed E-state index contributed by atoms with van der Waals surface area (Å²) in [5.41, 5.74) is 5.86. The Bertz CT molecular complexity index is 1030. The number of hydrazone groups is 1. The van der Waals surface area contributed by atoms with E-state index in [9.17, 15) is 0 Å². The summed E-state index contributed by atoms with van der Waals surface area (Å²) in [6.07, 6.45) is 4.98. The van der Waals surface area contributed by atoms with Crippen molar-refractivity contribution in [2.24, 2.45) is 5.10 Å². The monoisotopic (exact) mass is 373 g/mol. The first kappa shape index (κ1) is 16.9. The Morgan fingerprint density at radius 2 is 1.81 bits per heavy atom. The zero-order chi connectivity index (χ0) is 18.3. The van der Waals surface area contributed by atoms with Gasteiger partial charge in [0.1, 0.15) is 5.75 Å². The minimum atomic E-state index is 0.306. The number of aromatic nitrogens is 3. The molecule has 2 aromatic heterocycles. The highest BCUT2D eigenvalue weighted by Gasteiger charge is 2.03. The van der Waals surface area contributed by atoms with Crippen molar-refractivity contribution in [2.45, 2.75) is 0 Å². The van der Waals surface area contributed by atoms with E-state index in [1.165, 1.54) is 11.3 Å². The van der Waals surface area contributed by atoms with E-state index < -0.39 is 0 Å². The zero-order valence-corrected chi connectivity index (χ0v) is 15.0. The Labute approximate surface area is 160 Å². The van der Waals surface area contributed by atoms with E-state index in [1.54, 1.807) is 24.7 Å².